The molecule has 0 saturated carbocycles. The van der Waals surface area contributed by atoms with Crippen molar-refractivity contribution in [1.82, 2.24) is 0 Å². The third-order valence-electron chi connectivity index (χ3n) is 2.56. The van der Waals surface area contributed by atoms with E-state index in [1.807, 2.05) is 0 Å². The molecular weight excluding hydrogens is 333 g/mol. The zero-order valence-corrected chi connectivity index (χ0v) is 13.8. The molecule has 0 atom stereocenters. The molecule has 1 saturated heterocycles. The Labute approximate surface area is 137 Å². The van der Waals surface area contributed by atoms with E-state index in [1.54, 1.807) is 47.8 Å². The van der Waals surface area contributed by atoms with Gasteiger partial charge in [-0.25, -0.2) is 0 Å². The van der Waals surface area contributed by atoms with Gasteiger partial charge in [-0.05, 0) is 42.2 Å². The van der Waals surface area contributed by atoms with Crippen molar-refractivity contribution < 1.29 is 4.79 Å². The molecule has 0 bridgehead atoms. The van der Waals surface area contributed by atoms with E-state index in [4.69, 9.17) is 23.2 Å². The first-order valence-corrected chi connectivity index (χ1v) is 8.72. The fraction of sp³-hybridized carbons (Fsp3) is 0.214. The average molecular weight is 346 g/mol. The molecule has 1 aliphatic heterocycles. The highest BCUT2D eigenvalue weighted by molar-refractivity contribution is 8.22. The molecule has 0 radical (unpaired) electrons. The summed E-state index contributed by atoms with van der Waals surface area (Å²) in [5.41, 5.74) is 1.15. The Morgan fingerprint density at radius 1 is 1.20 bits per heavy atom. The summed E-state index contributed by atoms with van der Waals surface area (Å²) in [6, 6.07) is 6.95. The Morgan fingerprint density at radius 2 is 1.80 bits per heavy atom. The summed E-state index contributed by atoms with van der Waals surface area (Å²) < 4.78 is 0.947. The number of thioether (sulfide) groups is 2. The van der Waals surface area contributed by atoms with Crippen LogP contribution in [0.15, 0.2) is 45.7 Å². The monoisotopic (exact) mass is 345 g/mol. The van der Waals surface area contributed by atoms with Gasteiger partial charge in [-0.2, -0.15) is 0 Å². The smallest absolute Gasteiger partial charge is 0.258 e. The number of amides is 1. The maximum Gasteiger partial charge on any atom is 0.258 e. The van der Waals surface area contributed by atoms with E-state index in [2.05, 4.69) is 11.9 Å². The average Bonchev–Trinajstić information content (AvgIpc) is 2.42. The standard InChI is InChI=1S/C14H13Cl2NOS2/c1-9(15)12(14-19-7-2-8-20-14)13(18)17-11-5-3-10(16)4-6-11/h3-6H,1-2,7-8H2,(H,17,18). The van der Waals surface area contributed by atoms with Gasteiger partial charge in [-0.3, -0.25) is 4.79 Å². The minimum Gasteiger partial charge on any atom is -0.322 e. The summed E-state index contributed by atoms with van der Waals surface area (Å²) in [4.78, 5) is 12.4. The molecule has 1 fully saturated rings. The Bertz CT molecular complexity index is 547. The Morgan fingerprint density at radius 3 is 2.35 bits per heavy atom. The Balaban J connectivity index is 2.19. The molecule has 106 valence electrons. The van der Waals surface area contributed by atoms with Gasteiger partial charge in [-0.15, -0.1) is 23.5 Å². The van der Waals surface area contributed by atoms with Crippen molar-refractivity contribution in [3.8, 4) is 0 Å². The maximum absolute atomic E-state index is 12.4. The number of benzene rings is 1. The van der Waals surface area contributed by atoms with Crippen LogP contribution in [0.3, 0.4) is 0 Å². The van der Waals surface area contributed by atoms with Gasteiger partial charge in [-0.1, -0.05) is 29.8 Å². The first-order valence-electron chi connectivity index (χ1n) is 5.99. The highest BCUT2D eigenvalue weighted by atomic mass is 35.5. The van der Waals surface area contributed by atoms with Crippen molar-refractivity contribution in [1.29, 1.82) is 0 Å². The summed E-state index contributed by atoms with van der Waals surface area (Å²) in [5, 5.41) is 3.72. The van der Waals surface area contributed by atoms with E-state index in [0.29, 0.717) is 16.3 Å². The van der Waals surface area contributed by atoms with Gasteiger partial charge in [0.05, 0.1) is 9.81 Å². The van der Waals surface area contributed by atoms with Crippen LogP contribution in [-0.4, -0.2) is 17.4 Å². The Hall–Kier alpha value is -0.550. The molecule has 20 heavy (non-hydrogen) atoms. The predicted molar refractivity (Wildman–Crippen MR) is 91.6 cm³/mol. The number of nitrogens with one attached hydrogen (secondary N) is 1. The SMILES string of the molecule is C=C(Cl)C(C(=O)Nc1ccc(Cl)cc1)=C1SCCCS1. The summed E-state index contributed by atoms with van der Waals surface area (Å²) in [6.07, 6.45) is 1.14. The molecular formula is C14H13Cl2NOS2. The predicted octanol–water partition coefficient (Wildman–Crippen LogP) is 5.11. The molecule has 2 rings (SSSR count). The van der Waals surface area contributed by atoms with Crippen LogP contribution in [0.2, 0.25) is 5.02 Å². The quantitative estimate of drug-likeness (QED) is 0.771. The van der Waals surface area contributed by atoms with E-state index in [0.717, 1.165) is 22.2 Å². The second kappa shape index (κ2) is 7.46. The van der Waals surface area contributed by atoms with Gasteiger partial charge in [0.1, 0.15) is 0 Å². The molecule has 1 aromatic rings. The first kappa shape index (κ1) is 15.8. The van der Waals surface area contributed by atoms with Crippen LogP contribution in [0, 0.1) is 0 Å². The molecule has 0 aromatic heterocycles. The third-order valence-corrected chi connectivity index (χ3v) is 5.63. The van der Waals surface area contributed by atoms with Gasteiger partial charge in [0.15, 0.2) is 0 Å². The molecule has 0 unspecified atom stereocenters. The normalized spacial score (nSPS) is 14.8. The summed E-state index contributed by atoms with van der Waals surface area (Å²) >= 11 is 15.1. The zero-order valence-electron chi connectivity index (χ0n) is 10.6. The molecule has 1 heterocycles. The molecule has 1 N–H and O–H groups in total. The van der Waals surface area contributed by atoms with Crippen molar-refractivity contribution in [2.75, 3.05) is 16.8 Å². The lowest BCUT2D eigenvalue weighted by atomic mass is 10.2. The fourth-order valence-electron chi connectivity index (χ4n) is 1.63. The maximum atomic E-state index is 12.4. The minimum atomic E-state index is -0.232. The molecule has 6 heteroatoms. The van der Waals surface area contributed by atoms with Crippen LogP contribution in [0.25, 0.3) is 0 Å². The number of rotatable bonds is 3. The highest BCUT2D eigenvalue weighted by Crippen LogP contribution is 2.39. The number of halogens is 2. The number of hydrogen-bond donors (Lipinski definition) is 1. The van der Waals surface area contributed by atoms with E-state index in [9.17, 15) is 4.79 Å². The van der Waals surface area contributed by atoms with E-state index in [1.165, 1.54) is 0 Å². The molecule has 0 aliphatic carbocycles. The lowest BCUT2D eigenvalue weighted by molar-refractivity contribution is -0.112. The van der Waals surface area contributed by atoms with Crippen molar-refractivity contribution in [2.24, 2.45) is 0 Å². The number of anilines is 1. The molecule has 1 aliphatic rings. The van der Waals surface area contributed by atoms with Crippen LogP contribution >= 0.6 is 46.7 Å². The van der Waals surface area contributed by atoms with E-state index >= 15 is 0 Å². The minimum absolute atomic E-state index is 0.232. The van der Waals surface area contributed by atoms with Crippen molar-refractivity contribution in [3.05, 3.63) is 50.7 Å². The van der Waals surface area contributed by atoms with Gasteiger partial charge < -0.3 is 5.32 Å². The van der Waals surface area contributed by atoms with Crippen LogP contribution in [0.5, 0.6) is 0 Å². The topological polar surface area (TPSA) is 29.1 Å². The van der Waals surface area contributed by atoms with Crippen molar-refractivity contribution in [3.63, 3.8) is 0 Å². The number of carbonyl (C=O) groups excluding carboxylic acids is 1. The second-order valence-electron chi connectivity index (χ2n) is 4.08. The lowest BCUT2D eigenvalue weighted by Crippen LogP contribution is -2.16. The van der Waals surface area contributed by atoms with E-state index in [-0.39, 0.29) is 10.9 Å². The van der Waals surface area contributed by atoms with Crippen LogP contribution < -0.4 is 5.32 Å². The van der Waals surface area contributed by atoms with Gasteiger partial charge in [0.2, 0.25) is 0 Å². The van der Waals surface area contributed by atoms with Crippen LogP contribution in [0.1, 0.15) is 6.42 Å². The van der Waals surface area contributed by atoms with Gasteiger partial charge in [0.25, 0.3) is 5.91 Å². The summed E-state index contributed by atoms with van der Waals surface area (Å²) in [5.74, 6) is 1.78. The van der Waals surface area contributed by atoms with Gasteiger partial charge in [0, 0.05) is 15.7 Å². The van der Waals surface area contributed by atoms with Crippen molar-refractivity contribution >= 4 is 58.3 Å². The largest absolute Gasteiger partial charge is 0.322 e. The number of hydrogen-bond acceptors (Lipinski definition) is 3. The van der Waals surface area contributed by atoms with Crippen LogP contribution in [-0.2, 0) is 4.79 Å². The fourth-order valence-corrected chi connectivity index (χ4v) is 4.73. The second-order valence-corrected chi connectivity index (χ2v) is 7.44. The van der Waals surface area contributed by atoms with Crippen LogP contribution in [0.4, 0.5) is 5.69 Å². The highest BCUT2D eigenvalue weighted by Gasteiger charge is 2.20. The zero-order chi connectivity index (χ0) is 14.5. The molecule has 1 amide bonds. The van der Waals surface area contributed by atoms with E-state index < -0.39 is 0 Å². The van der Waals surface area contributed by atoms with Crippen molar-refractivity contribution in [2.45, 2.75) is 6.42 Å². The third kappa shape index (κ3) is 4.22. The molecule has 1 aromatic carbocycles. The number of carbonyl (C=O) groups is 1. The Kier molecular flexibility index (Phi) is 5.90. The first-order chi connectivity index (χ1) is 9.58. The summed E-state index contributed by atoms with van der Waals surface area (Å²) in [6.45, 7) is 3.71. The lowest BCUT2D eigenvalue weighted by Gasteiger charge is -2.17. The summed E-state index contributed by atoms with van der Waals surface area (Å²) in [7, 11) is 0. The molecule has 0 spiro atoms. The van der Waals surface area contributed by atoms with Gasteiger partial charge >= 0.3 is 0 Å². The molecule has 2 nitrogen and oxygen atoms in total.